The van der Waals surface area contributed by atoms with Crippen molar-refractivity contribution in [1.29, 1.82) is 0 Å². The van der Waals surface area contributed by atoms with Gasteiger partial charge in [0, 0.05) is 24.2 Å². The van der Waals surface area contributed by atoms with Gasteiger partial charge in [0.2, 0.25) is 0 Å². The fraction of sp³-hybridized carbons (Fsp3) is 0.882. The van der Waals surface area contributed by atoms with Gasteiger partial charge in [-0.3, -0.25) is 9.59 Å². The number of hydrogen-bond acceptors (Lipinski definition) is 7. The molecular weight excluding hydrogens is 520 g/mol. The second-order valence-electron chi connectivity index (χ2n) is 16.0. The van der Waals surface area contributed by atoms with Crippen molar-refractivity contribution in [2.45, 2.75) is 124 Å². The SMILES string of the molecule is COC(=O)[C@]12CC[C@@H](C)[C@@](C)(O)[C@H]1C1=CC[C@@H]3[C@@]4(C)CC[C@@H]5OC[C@H](OC(C)=O)[C@@]5(C)[C@@H]4[C@H](O)C[C@@]3(C)[C@]1(C)CC2. The summed E-state index contributed by atoms with van der Waals surface area (Å²) in [5, 5.41) is 24.4. The number of methoxy groups -OCH3 is 1. The Morgan fingerprint density at radius 3 is 2.41 bits per heavy atom. The molecule has 0 aromatic heterocycles. The molecule has 6 aliphatic rings. The number of esters is 2. The third kappa shape index (κ3) is 3.49. The van der Waals surface area contributed by atoms with Crippen molar-refractivity contribution in [2.75, 3.05) is 13.7 Å². The molecule has 7 heteroatoms. The van der Waals surface area contributed by atoms with Crippen molar-refractivity contribution in [3.8, 4) is 0 Å². The number of carbonyl (C=O) groups is 2. The van der Waals surface area contributed by atoms with E-state index in [2.05, 4.69) is 40.7 Å². The highest BCUT2D eigenvalue weighted by atomic mass is 16.6. The molecule has 0 unspecified atom stereocenters. The van der Waals surface area contributed by atoms with Crippen LogP contribution in [0.15, 0.2) is 11.6 Å². The minimum absolute atomic E-state index is 0.0385. The van der Waals surface area contributed by atoms with E-state index in [-0.39, 0.29) is 58.1 Å². The summed E-state index contributed by atoms with van der Waals surface area (Å²) in [6.07, 6.45) is 7.76. The molecule has 2 N–H and O–H groups in total. The topological polar surface area (TPSA) is 102 Å². The highest BCUT2D eigenvalue weighted by Crippen LogP contribution is 2.76. The summed E-state index contributed by atoms with van der Waals surface area (Å²) in [5.41, 5.74) is -1.71. The Bertz CT molecular complexity index is 1160. The first-order chi connectivity index (χ1) is 19.0. The first-order valence-electron chi connectivity index (χ1n) is 16.0. The van der Waals surface area contributed by atoms with Gasteiger partial charge in [-0.2, -0.15) is 0 Å². The second kappa shape index (κ2) is 9.04. The number of ether oxygens (including phenoxy) is 3. The predicted molar refractivity (Wildman–Crippen MR) is 153 cm³/mol. The Balaban J connectivity index is 1.47. The fourth-order valence-corrected chi connectivity index (χ4v) is 12.3. The summed E-state index contributed by atoms with van der Waals surface area (Å²) in [7, 11) is 1.48. The molecular formula is C34H52O7. The fourth-order valence-electron chi connectivity index (χ4n) is 12.3. The van der Waals surface area contributed by atoms with Crippen LogP contribution >= 0.6 is 0 Å². The van der Waals surface area contributed by atoms with Gasteiger partial charge in [-0.15, -0.1) is 0 Å². The van der Waals surface area contributed by atoms with Gasteiger partial charge in [0.05, 0.1) is 36.9 Å². The van der Waals surface area contributed by atoms with Gasteiger partial charge < -0.3 is 24.4 Å². The number of rotatable bonds is 2. The van der Waals surface area contributed by atoms with E-state index < -0.39 is 22.5 Å². The monoisotopic (exact) mass is 572 g/mol. The summed E-state index contributed by atoms with van der Waals surface area (Å²) in [5.74, 6) is -0.503. The van der Waals surface area contributed by atoms with Crippen LogP contribution in [0.25, 0.3) is 0 Å². The molecule has 7 nitrogen and oxygen atoms in total. The van der Waals surface area contributed by atoms with E-state index in [4.69, 9.17) is 14.2 Å². The van der Waals surface area contributed by atoms with Gasteiger partial charge in [-0.1, -0.05) is 46.3 Å². The molecule has 0 spiro atoms. The first-order valence-corrected chi connectivity index (χ1v) is 16.0. The Kier molecular flexibility index (Phi) is 6.53. The molecule has 0 aromatic carbocycles. The Hall–Kier alpha value is -1.44. The van der Waals surface area contributed by atoms with Crippen LogP contribution in [0.3, 0.4) is 0 Å². The molecule has 41 heavy (non-hydrogen) atoms. The molecule has 0 amide bonds. The number of aliphatic hydroxyl groups excluding tert-OH is 1. The van der Waals surface area contributed by atoms with E-state index in [9.17, 15) is 19.8 Å². The van der Waals surface area contributed by atoms with Crippen molar-refractivity contribution in [2.24, 2.45) is 50.7 Å². The Labute approximate surface area is 245 Å². The number of fused-ring (bicyclic) bond motifs is 9. The van der Waals surface area contributed by atoms with Gasteiger partial charge in [0.25, 0.3) is 0 Å². The number of aliphatic hydroxyl groups is 2. The van der Waals surface area contributed by atoms with Crippen LogP contribution in [-0.4, -0.2) is 59.8 Å². The van der Waals surface area contributed by atoms with Crippen LogP contribution in [0, 0.1) is 50.7 Å². The summed E-state index contributed by atoms with van der Waals surface area (Å²) in [4.78, 5) is 25.7. The lowest BCUT2D eigenvalue weighted by molar-refractivity contribution is -0.251. The molecule has 6 rings (SSSR count). The van der Waals surface area contributed by atoms with Gasteiger partial charge in [-0.05, 0) is 86.4 Å². The largest absolute Gasteiger partial charge is 0.469 e. The average molecular weight is 573 g/mol. The molecule has 1 aliphatic heterocycles. The maximum Gasteiger partial charge on any atom is 0.312 e. The van der Waals surface area contributed by atoms with Crippen LogP contribution in [-0.2, 0) is 23.8 Å². The van der Waals surface area contributed by atoms with Crippen LogP contribution in [0.4, 0.5) is 0 Å². The summed E-state index contributed by atoms with van der Waals surface area (Å²) in [6, 6.07) is 0. The predicted octanol–water partition coefficient (Wildman–Crippen LogP) is 5.21. The van der Waals surface area contributed by atoms with Crippen molar-refractivity contribution < 1.29 is 34.0 Å². The van der Waals surface area contributed by atoms with E-state index in [0.717, 1.165) is 38.5 Å². The van der Waals surface area contributed by atoms with E-state index in [1.807, 2.05) is 6.92 Å². The molecule has 5 aliphatic carbocycles. The van der Waals surface area contributed by atoms with Crippen LogP contribution in [0.5, 0.6) is 0 Å². The first kappa shape index (κ1) is 29.6. The average Bonchev–Trinajstić information content (AvgIpc) is 3.20. The zero-order chi connectivity index (χ0) is 30.0. The van der Waals surface area contributed by atoms with Gasteiger partial charge in [0.1, 0.15) is 6.10 Å². The number of allylic oxidation sites excluding steroid dienone is 1. The van der Waals surface area contributed by atoms with Crippen LogP contribution < -0.4 is 0 Å². The lowest BCUT2D eigenvalue weighted by Gasteiger charge is -2.72. The quantitative estimate of drug-likeness (QED) is 0.346. The number of carbonyl (C=O) groups excluding carboxylic acids is 2. The number of hydrogen-bond donors (Lipinski definition) is 2. The van der Waals surface area contributed by atoms with E-state index in [1.54, 1.807) is 0 Å². The smallest absolute Gasteiger partial charge is 0.312 e. The van der Waals surface area contributed by atoms with E-state index in [0.29, 0.717) is 25.4 Å². The highest BCUT2D eigenvalue weighted by Gasteiger charge is 2.74. The molecule has 0 aromatic rings. The van der Waals surface area contributed by atoms with E-state index >= 15 is 0 Å². The highest BCUT2D eigenvalue weighted by molar-refractivity contribution is 5.79. The van der Waals surface area contributed by atoms with Gasteiger partial charge in [-0.25, -0.2) is 0 Å². The van der Waals surface area contributed by atoms with Gasteiger partial charge >= 0.3 is 11.9 Å². The molecule has 230 valence electrons. The van der Waals surface area contributed by atoms with Crippen LogP contribution in [0.2, 0.25) is 0 Å². The minimum Gasteiger partial charge on any atom is -0.469 e. The molecule has 1 saturated heterocycles. The van der Waals surface area contributed by atoms with E-state index in [1.165, 1.54) is 19.6 Å². The van der Waals surface area contributed by atoms with Gasteiger partial charge in [0.15, 0.2) is 0 Å². The normalized spacial score (nSPS) is 55.8. The van der Waals surface area contributed by atoms with Crippen molar-refractivity contribution in [3.63, 3.8) is 0 Å². The molecule has 1 heterocycles. The molecule has 4 saturated carbocycles. The molecule has 0 radical (unpaired) electrons. The third-order valence-corrected chi connectivity index (χ3v) is 14.7. The molecule has 5 fully saturated rings. The third-order valence-electron chi connectivity index (χ3n) is 14.7. The Morgan fingerprint density at radius 1 is 1.05 bits per heavy atom. The molecule has 13 atom stereocenters. The summed E-state index contributed by atoms with van der Waals surface area (Å²) < 4.78 is 17.6. The minimum atomic E-state index is -1.03. The summed E-state index contributed by atoms with van der Waals surface area (Å²) in [6.45, 7) is 15.2. The lowest BCUT2D eigenvalue weighted by Crippen LogP contribution is -2.70. The van der Waals surface area contributed by atoms with Crippen molar-refractivity contribution in [3.05, 3.63) is 11.6 Å². The summed E-state index contributed by atoms with van der Waals surface area (Å²) >= 11 is 0. The zero-order valence-corrected chi connectivity index (χ0v) is 26.4. The zero-order valence-electron chi connectivity index (χ0n) is 26.4. The maximum absolute atomic E-state index is 13.5. The molecule has 0 bridgehead atoms. The Morgan fingerprint density at radius 2 is 1.76 bits per heavy atom. The maximum atomic E-state index is 13.5. The lowest BCUT2D eigenvalue weighted by atomic mass is 9.32. The second-order valence-corrected chi connectivity index (χ2v) is 16.0. The van der Waals surface area contributed by atoms with Crippen molar-refractivity contribution in [1.82, 2.24) is 0 Å². The van der Waals surface area contributed by atoms with Crippen molar-refractivity contribution >= 4 is 11.9 Å². The standard InChI is InChI=1S/C34H52O7/c1-19-11-14-34(28(37)39-8)16-15-30(4)21(26(34)33(19,7)38)9-10-23-29(3)13-12-24-32(6,25(18-40-24)41-20(2)35)27(29)22(36)17-31(23,30)5/h9,19,22-27,36,38H,10-18H2,1-8H3/t19-,22-,23-,24+,25+,26-,27-,29-,30-,31-,32+,33-,34+/m1/s1. The van der Waals surface area contributed by atoms with Crippen LogP contribution in [0.1, 0.15) is 99.8 Å².